The van der Waals surface area contributed by atoms with Crippen LogP contribution in [-0.2, 0) is 0 Å². The molecule has 0 spiro atoms. The summed E-state index contributed by atoms with van der Waals surface area (Å²) in [5.74, 6) is 0. The molecule has 1 unspecified atom stereocenters. The van der Waals surface area contributed by atoms with E-state index in [-0.39, 0.29) is 6.04 Å². The molecule has 1 rings (SSSR count). The zero-order chi connectivity index (χ0) is 14.5. The Labute approximate surface area is 135 Å². The number of thioether (sulfide) groups is 1. The van der Waals surface area contributed by atoms with Crippen molar-refractivity contribution in [1.82, 2.24) is 5.32 Å². The fourth-order valence-electron chi connectivity index (χ4n) is 2.16. The predicted molar refractivity (Wildman–Crippen MR) is 92.4 cm³/mol. The molecule has 0 heterocycles. The number of hydrogen-bond donors (Lipinski definition) is 1. The van der Waals surface area contributed by atoms with Crippen molar-refractivity contribution in [3.63, 3.8) is 0 Å². The molecular formula is C15H23BrClNS. The van der Waals surface area contributed by atoms with Crippen LogP contribution in [0.25, 0.3) is 0 Å². The van der Waals surface area contributed by atoms with Crippen LogP contribution in [0.2, 0.25) is 5.02 Å². The highest BCUT2D eigenvalue weighted by Gasteiger charge is 2.25. The minimum atomic E-state index is 0.269. The van der Waals surface area contributed by atoms with Gasteiger partial charge in [-0.15, -0.1) is 0 Å². The van der Waals surface area contributed by atoms with Gasteiger partial charge in [-0.25, -0.2) is 0 Å². The van der Waals surface area contributed by atoms with E-state index >= 15 is 0 Å². The first kappa shape index (κ1) is 17.4. The summed E-state index contributed by atoms with van der Waals surface area (Å²) in [5.41, 5.74) is 1.16. The van der Waals surface area contributed by atoms with Crippen molar-refractivity contribution in [1.29, 1.82) is 0 Å². The van der Waals surface area contributed by atoms with Gasteiger partial charge in [-0.3, -0.25) is 0 Å². The van der Waals surface area contributed by atoms with Gasteiger partial charge in [0.25, 0.3) is 0 Å². The Bertz CT molecular complexity index is 399. The molecular weight excluding hydrogens is 342 g/mol. The van der Waals surface area contributed by atoms with Crippen molar-refractivity contribution in [3.8, 4) is 0 Å². The summed E-state index contributed by atoms with van der Waals surface area (Å²) in [5, 5.41) is 4.45. The predicted octanol–water partition coefficient (Wildman–Crippen LogP) is 5.67. The number of benzene rings is 1. The van der Waals surface area contributed by atoms with Crippen LogP contribution >= 0.6 is 39.3 Å². The van der Waals surface area contributed by atoms with Crippen LogP contribution in [-0.4, -0.2) is 17.5 Å². The lowest BCUT2D eigenvalue weighted by Crippen LogP contribution is -2.37. The summed E-state index contributed by atoms with van der Waals surface area (Å²) in [7, 11) is 0. The summed E-state index contributed by atoms with van der Waals surface area (Å²) in [6.07, 6.45) is 4.56. The van der Waals surface area contributed by atoms with Gasteiger partial charge < -0.3 is 5.32 Å². The van der Waals surface area contributed by atoms with E-state index in [0.29, 0.717) is 4.75 Å². The lowest BCUT2D eigenvalue weighted by Gasteiger charge is -2.31. The van der Waals surface area contributed by atoms with E-state index in [1.807, 2.05) is 23.9 Å². The first-order chi connectivity index (χ1) is 8.98. The molecule has 0 aliphatic carbocycles. The van der Waals surface area contributed by atoms with Crippen LogP contribution < -0.4 is 5.32 Å². The Morgan fingerprint density at radius 2 is 2.00 bits per heavy atom. The van der Waals surface area contributed by atoms with Gasteiger partial charge in [0.1, 0.15) is 0 Å². The fraction of sp³-hybridized carbons (Fsp3) is 0.600. The minimum absolute atomic E-state index is 0.269. The molecule has 0 aromatic heterocycles. The smallest absolute Gasteiger partial charge is 0.0464 e. The van der Waals surface area contributed by atoms with E-state index in [1.54, 1.807) is 0 Å². The molecule has 1 atom stereocenters. The number of halogens is 2. The highest BCUT2D eigenvalue weighted by Crippen LogP contribution is 2.31. The van der Waals surface area contributed by atoms with E-state index < -0.39 is 0 Å². The Balaban J connectivity index is 2.72. The Morgan fingerprint density at radius 1 is 1.37 bits per heavy atom. The summed E-state index contributed by atoms with van der Waals surface area (Å²) in [6, 6.07) is 6.35. The zero-order valence-electron chi connectivity index (χ0n) is 12.1. The topological polar surface area (TPSA) is 12.0 Å². The largest absolute Gasteiger partial charge is 0.309 e. The molecule has 19 heavy (non-hydrogen) atoms. The van der Waals surface area contributed by atoms with E-state index in [1.165, 1.54) is 12.8 Å². The van der Waals surface area contributed by atoms with Crippen LogP contribution in [0.3, 0.4) is 0 Å². The van der Waals surface area contributed by atoms with Crippen molar-refractivity contribution in [2.24, 2.45) is 0 Å². The molecule has 1 aromatic carbocycles. The third-order valence-corrected chi connectivity index (χ3v) is 6.29. The summed E-state index contributed by atoms with van der Waals surface area (Å²) >= 11 is 11.7. The molecule has 4 heteroatoms. The Hall–Kier alpha value is 0.300. The van der Waals surface area contributed by atoms with E-state index in [2.05, 4.69) is 54.3 Å². The number of nitrogens with one attached hydrogen (secondary N) is 1. The zero-order valence-corrected chi connectivity index (χ0v) is 15.3. The van der Waals surface area contributed by atoms with E-state index in [4.69, 9.17) is 11.6 Å². The molecule has 0 saturated carbocycles. The number of rotatable bonds is 7. The van der Waals surface area contributed by atoms with Crippen molar-refractivity contribution in [2.75, 3.05) is 12.8 Å². The van der Waals surface area contributed by atoms with Crippen molar-refractivity contribution >= 4 is 39.3 Å². The molecule has 0 radical (unpaired) electrons. The van der Waals surface area contributed by atoms with Gasteiger partial charge in [0.15, 0.2) is 0 Å². The Morgan fingerprint density at radius 3 is 2.47 bits per heavy atom. The second-order valence-electron chi connectivity index (χ2n) is 4.86. The average Bonchev–Trinajstić information content (AvgIpc) is 2.40. The molecule has 0 aliphatic heterocycles. The van der Waals surface area contributed by atoms with Crippen LogP contribution in [0, 0.1) is 0 Å². The minimum Gasteiger partial charge on any atom is -0.309 e. The summed E-state index contributed by atoms with van der Waals surface area (Å²) < 4.78 is 1.35. The molecule has 1 nitrogen and oxygen atoms in total. The second kappa shape index (κ2) is 7.92. The average molecular weight is 365 g/mol. The molecule has 0 aliphatic rings. The molecule has 0 bridgehead atoms. The maximum Gasteiger partial charge on any atom is 0.0464 e. The maximum atomic E-state index is 6.30. The van der Waals surface area contributed by atoms with Gasteiger partial charge in [0.05, 0.1) is 0 Å². The van der Waals surface area contributed by atoms with Gasteiger partial charge in [0, 0.05) is 26.8 Å². The van der Waals surface area contributed by atoms with Crippen LogP contribution in [0.5, 0.6) is 0 Å². The van der Waals surface area contributed by atoms with Crippen LogP contribution in [0.15, 0.2) is 22.7 Å². The normalized spacial score (nSPS) is 13.6. The van der Waals surface area contributed by atoms with Gasteiger partial charge in [-0.1, -0.05) is 47.4 Å². The maximum absolute atomic E-state index is 6.30. The molecule has 1 N–H and O–H groups in total. The van der Waals surface area contributed by atoms with E-state index in [0.717, 1.165) is 21.6 Å². The second-order valence-corrected chi connectivity index (χ2v) is 7.46. The van der Waals surface area contributed by atoms with Crippen molar-refractivity contribution in [3.05, 3.63) is 33.3 Å². The Kier molecular flexibility index (Phi) is 7.23. The monoisotopic (exact) mass is 363 g/mol. The van der Waals surface area contributed by atoms with Crippen LogP contribution in [0.4, 0.5) is 0 Å². The van der Waals surface area contributed by atoms with Crippen LogP contribution in [0.1, 0.15) is 45.2 Å². The first-order valence-corrected chi connectivity index (χ1v) is 9.11. The number of hydrogen-bond acceptors (Lipinski definition) is 2. The standard InChI is InChI=1S/C15H23BrClNS/c1-5-15(6-2,19-4)10-18-11(3)13-8-7-12(16)9-14(13)17/h7-9,11,18H,5-6,10H2,1-4H3. The quantitative estimate of drug-likeness (QED) is 0.668. The molecule has 0 amide bonds. The van der Waals surface area contributed by atoms with Gasteiger partial charge in [0.2, 0.25) is 0 Å². The van der Waals surface area contributed by atoms with Gasteiger partial charge in [-0.05, 0) is 43.7 Å². The summed E-state index contributed by atoms with van der Waals surface area (Å²) in [6.45, 7) is 7.71. The van der Waals surface area contributed by atoms with Gasteiger partial charge in [-0.2, -0.15) is 11.8 Å². The van der Waals surface area contributed by atoms with Crippen molar-refractivity contribution < 1.29 is 0 Å². The third-order valence-electron chi connectivity index (χ3n) is 3.88. The molecule has 0 fully saturated rings. The lowest BCUT2D eigenvalue weighted by atomic mass is 10.0. The SMILES string of the molecule is CCC(CC)(CNC(C)c1ccc(Br)cc1Cl)SC. The summed E-state index contributed by atoms with van der Waals surface area (Å²) in [4.78, 5) is 0. The highest BCUT2D eigenvalue weighted by molar-refractivity contribution is 9.10. The fourth-order valence-corrected chi connectivity index (χ4v) is 3.80. The van der Waals surface area contributed by atoms with Gasteiger partial charge >= 0.3 is 0 Å². The lowest BCUT2D eigenvalue weighted by molar-refractivity contribution is 0.460. The molecule has 0 saturated heterocycles. The van der Waals surface area contributed by atoms with Crippen molar-refractivity contribution in [2.45, 2.75) is 44.4 Å². The third kappa shape index (κ3) is 4.66. The molecule has 1 aromatic rings. The highest BCUT2D eigenvalue weighted by atomic mass is 79.9. The first-order valence-electron chi connectivity index (χ1n) is 6.71. The van der Waals surface area contributed by atoms with E-state index in [9.17, 15) is 0 Å². The molecule has 108 valence electrons.